The first-order valence-corrected chi connectivity index (χ1v) is 11.4. The summed E-state index contributed by atoms with van der Waals surface area (Å²) in [5.41, 5.74) is 1.38. The van der Waals surface area contributed by atoms with Crippen LogP contribution in [0.15, 0.2) is 53.4 Å². The number of hydrogen-bond acceptors (Lipinski definition) is 4. The molecule has 1 fully saturated rings. The van der Waals surface area contributed by atoms with Crippen molar-refractivity contribution in [1.82, 2.24) is 4.90 Å². The second kappa shape index (κ2) is 9.31. The number of carbonyl (C=O) groups excluding carboxylic acids is 1. The fraction of sp³-hybridized carbons (Fsp3) is 0.409. The van der Waals surface area contributed by atoms with E-state index in [2.05, 4.69) is 0 Å². The number of ether oxygens (including phenoxy) is 1. The molecule has 0 aromatic heterocycles. The molecule has 7 heteroatoms. The Morgan fingerprint density at radius 3 is 2.31 bits per heavy atom. The molecule has 0 unspecified atom stereocenters. The summed E-state index contributed by atoms with van der Waals surface area (Å²) < 4.78 is 33.3. The minimum absolute atomic E-state index is 0.162. The number of sulfonamides is 1. The van der Waals surface area contributed by atoms with Gasteiger partial charge < -0.3 is 9.64 Å². The van der Waals surface area contributed by atoms with Gasteiger partial charge in [-0.2, -0.15) is 0 Å². The number of rotatable bonds is 6. The van der Waals surface area contributed by atoms with Crippen molar-refractivity contribution in [3.05, 3.63) is 54.1 Å². The maximum absolute atomic E-state index is 13.4. The Balaban J connectivity index is 1.96. The summed E-state index contributed by atoms with van der Waals surface area (Å²) in [4.78, 5) is 15.0. The van der Waals surface area contributed by atoms with Crippen molar-refractivity contribution in [3.8, 4) is 5.75 Å². The lowest BCUT2D eigenvalue weighted by Crippen LogP contribution is -2.43. The maximum atomic E-state index is 13.4. The number of hydrogen-bond donors (Lipinski definition) is 0. The molecule has 0 spiro atoms. The third-order valence-corrected chi connectivity index (χ3v) is 6.98. The van der Waals surface area contributed by atoms with Gasteiger partial charge in [0, 0.05) is 19.2 Å². The summed E-state index contributed by atoms with van der Waals surface area (Å²) in [5, 5.41) is 0. The molecule has 2 aromatic carbocycles. The highest BCUT2D eigenvalue weighted by Crippen LogP contribution is 2.27. The molecule has 1 aliphatic heterocycles. The molecule has 1 heterocycles. The summed E-state index contributed by atoms with van der Waals surface area (Å²) in [6.45, 7) is 3.02. The molecule has 3 rings (SSSR count). The van der Waals surface area contributed by atoms with E-state index in [4.69, 9.17) is 4.74 Å². The first kappa shape index (κ1) is 21.2. The van der Waals surface area contributed by atoms with Crippen LogP contribution in [-0.2, 0) is 14.8 Å². The lowest BCUT2D eigenvalue weighted by atomic mass is 10.2. The maximum Gasteiger partial charge on any atom is 0.264 e. The van der Waals surface area contributed by atoms with Gasteiger partial charge in [-0.05, 0) is 44.0 Å². The van der Waals surface area contributed by atoms with Crippen molar-refractivity contribution in [2.75, 3.05) is 31.0 Å². The Labute approximate surface area is 173 Å². The molecule has 0 radical (unpaired) electrons. The number of nitrogens with zero attached hydrogens (tertiary/aromatic N) is 2. The third kappa shape index (κ3) is 5.09. The van der Waals surface area contributed by atoms with E-state index >= 15 is 0 Å². The van der Waals surface area contributed by atoms with Gasteiger partial charge >= 0.3 is 0 Å². The topological polar surface area (TPSA) is 66.9 Å². The zero-order valence-electron chi connectivity index (χ0n) is 17.0. The highest BCUT2D eigenvalue weighted by atomic mass is 32.2. The third-order valence-electron chi connectivity index (χ3n) is 5.19. The number of aryl methyl sites for hydroxylation is 1. The summed E-state index contributed by atoms with van der Waals surface area (Å²) in [7, 11) is -2.38. The van der Waals surface area contributed by atoms with Crippen molar-refractivity contribution >= 4 is 21.6 Å². The Hall–Kier alpha value is -2.54. The Morgan fingerprint density at radius 1 is 1.03 bits per heavy atom. The van der Waals surface area contributed by atoms with Crippen LogP contribution in [0.4, 0.5) is 5.69 Å². The molecule has 1 amide bonds. The summed E-state index contributed by atoms with van der Waals surface area (Å²) >= 11 is 0. The highest BCUT2D eigenvalue weighted by Gasteiger charge is 2.29. The lowest BCUT2D eigenvalue weighted by molar-refractivity contribution is -0.129. The Kier molecular flexibility index (Phi) is 6.79. The van der Waals surface area contributed by atoms with E-state index in [9.17, 15) is 13.2 Å². The molecule has 0 bridgehead atoms. The zero-order chi connectivity index (χ0) is 20.9. The average Bonchev–Trinajstić information content (AvgIpc) is 3.01. The fourth-order valence-corrected chi connectivity index (χ4v) is 4.87. The quantitative estimate of drug-likeness (QED) is 0.722. The van der Waals surface area contributed by atoms with Gasteiger partial charge in [0.05, 0.1) is 17.7 Å². The molecule has 0 N–H and O–H groups in total. The minimum Gasteiger partial charge on any atom is -0.497 e. The van der Waals surface area contributed by atoms with Crippen LogP contribution in [0.2, 0.25) is 0 Å². The van der Waals surface area contributed by atoms with Crippen LogP contribution in [0.1, 0.15) is 31.2 Å². The fourth-order valence-electron chi connectivity index (χ4n) is 3.46. The molecular formula is C22H28N2O4S. The van der Waals surface area contributed by atoms with Gasteiger partial charge in [-0.25, -0.2) is 8.42 Å². The SMILES string of the molecule is COc1cccc(N(CC(=O)N2CCCCCC2)S(=O)(=O)c2ccc(C)cc2)c1. The Morgan fingerprint density at radius 2 is 1.69 bits per heavy atom. The first-order valence-electron chi connectivity index (χ1n) is 9.93. The van der Waals surface area contributed by atoms with Crippen molar-refractivity contribution in [1.29, 1.82) is 0 Å². The number of amides is 1. The van der Waals surface area contributed by atoms with E-state index in [0.29, 0.717) is 24.5 Å². The van der Waals surface area contributed by atoms with Crippen LogP contribution in [0.25, 0.3) is 0 Å². The van der Waals surface area contributed by atoms with Crippen LogP contribution in [0.3, 0.4) is 0 Å². The largest absolute Gasteiger partial charge is 0.497 e. The normalized spacial score (nSPS) is 14.9. The predicted molar refractivity (Wildman–Crippen MR) is 114 cm³/mol. The van der Waals surface area contributed by atoms with Gasteiger partial charge in [0.2, 0.25) is 5.91 Å². The van der Waals surface area contributed by atoms with E-state index < -0.39 is 10.0 Å². The number of benzene rings is 2. The predicted octanol–water partition coefficient (Wildman–Crippen LogP) is 3.60. The Bertz CT molecular complexity index is 934. The van der Waals surface area contributed by atoms with Gasteiger partial charge in [0.1, 0.15) is 12.3 Å². The van der Waals surface area contributed by atoms with Crippen LogP contribution >= 0.6 is 0 Å². The molecule has 156 valence electrons. The van der Waals surface area contributed by atoms with E-state index in [1.54, 1.807) is 53.4 Å². The zero-order valence-corrected chi connectivity index (χ0v) is 17.8. The molecule has 6 nitrogen and oxygen atoms in total. The summed E-state index contributed by atoms with van der Waals surface area (Å²) in [5.74, 6) is 0.360. The van der Waals surface area contributed by atoms with Gasteiger partial charge in [0.15, 0.2) is 0 Å². The molecule has 2 aromatic rings. The second-order valence-electron chi connectivity index (χ2n) is 7.32. The number of likely N-dealkylation sites (tertiary alicyclic amines) is 1. The molecule has 1 aliphatic rings. The molecule has 1 saturated heterocycles. The summed E-state index contributed by atoms with van der Waals surface area (Å²) in [6.07, 6.45) is 4.11. The summed E-state index contributed by atoms with van der Waals surface area (Å²) in [6, 6.07) is 13.5. The highest BCUT2D eigenvalue weighted by molar-refractivity contribution is 7.92. The molecule has 0 atom stereocenters. The van der Waals surface area contributed by atoms with Crippen LogP contribution in [0.5, 0.6) is 5.75 Å². The smallest absolute Gasteiger partial charge is 0.264 e. The number of anilines is 1. The van der Waals surface area contributed by atoms with E-state index in [1.165, 1.54) is 11.4 Å². The minimum atomic E-state index is -3.91. The first-order chi connectivity index (χ1) is 13.9. The van der Waals surface area contributed by atoms with E-state index in [-0.39, 0.29) is 17.3 Å². The van der Waals surface area contributed by atoms with Crippen LogP contribution in [0, 0.1) is 6.92 Å². The van der Waals surface area contributed by atoms with E-state index in [1.807, 2.05) is 6.92 Å². The lowest BCUT2D eigenvalue weighted by Gasteiger charge is -2.28. The average molecular weight is 417 g/mol. The van der Waals surface area contributed by atoms with Crippen molar-refractivity contribution in [2.24, 2.45) is 0 Å². The van der Waals surface area contributed by atoms with Crippen molar-refractivity contribution < 1.29 is 17.9 Å². The van der Waals surface area contributed by atoms with E-state index in [0.717, 1.165) is 31.2 Å². The molecular weight excluding hydrogens is 388 g/mol. The molecule has 29 heavy (non-hydrogen) atoms. The van der Waals surface area contributed by atoms with Gasteiger partial charge in [-0.1, -0.05) is 36.6 Å². The van der Waals surface area contributed by atoms with Crippen molar-refractivity contribution in [2.45, 2.75) is 37.5 Å². The second-order valence-corrected chi connectivity index (χ2v) is 9.18. The molecule has 0 saturated carbocycles. The van der Waals surface area contributed by atoms with Gasteiger partial charge in [0.25, 0.3) is 10.0 Å². The number of carbonyl (C=O) groups is 1. The van der Waals surface area contributed by atoms with Crippen LogP contribution in [-0.4, -0.2) is 46.0 Å². The van der Waals surface area contributed by atoms with Crippen LogP contribution < -0.4 is 9.04 Å². The molecule has 0 aliphatic carbocycles. The standard InChI is InChI=1S/C22H28N2O4S/c1-18-10-12-21(13-11-18)29(26,27)24(19-8-7-9-20(16-19)28-2)17-22(25)23-14-5-3-4-6-15-23/h7-13,16H,3-6,14-15,17H2,1-2H3. The number of methoxy groups -OCH3 is 1. The van der Waals surface area contributed by atoms with Gasteiger partial charge in [-0.3, -0.25) is 9.10 Å². The van der Waals surface area contributed by atoms with Gasteiger partial charge in [-0.15, -0.1) is 0 Å². The van der Waals surface area contributed by atoms with Crippen molar-refractivity contribution in [3.63, 3.8) is 0 Å². The monoisotopic (exact) mass is 416 g/mol.